The second kappa shape index (κ2) is 6.74. The molecule has 1 atom stereocenters. The van der Waals surface area contributed by atoms with Gasteiger partial charge in [0.2, 0.25) is 0 Å². The maximum atomic E-state index is 12.9. The van der Waals surface area contributed by atoms with Crippen LogP contribution in [0.2, 0.25) is 0 Å². The van der Waals surface area contributed by atoms with Crippen molar-refractivity contribution >= 4 is 11.9 Å². The van der Waals surface area contributed by atoms with Crippen LogP contribution < -0.4 is 4.74 Å². The lowest BCUT2D eigenvalue weighted by atomic mass is 9.93. The van der Waals surface area contributed by atoms with E-state index in [1.807, 2.05) is 24.0 Å². The Kier molecular flexibility index (Phi) is 4.51. The van der Waals surface area contributed by atoms with Gasteiger partial charge in [0.05, 0.1) is 6.04 Å². The minimum atomic E-state index is -1.05. The molecule has 0 saturated carbocycles. The average Bonchev–Trinajstić information content (AvgIpc) is 2.60. The number of aliphatic carboxylic acids is 1. The molecular weight excluding hydrogens is 306 g/mol. The molecule has 1 unspecified atom stereocenters. The second-order valence-electron chi connectivity index (χ2n) is 5.83. The van der Waals surface area contributed by atoms with Crippen molar-refractivity contribution in [1.82, 2.24) is 4.90 Å². The molecule has 1 N–H and O–H groups in total. The molecule has 0 bridgehead atoms. The van der Waals surface area contributed by atoms with Gasteiger partial charge in [-0.05, 0) is 42.7 Å². The molecule has 2 aromatic carbocycles. The van der Waals surface area contributed by atoms with Crippen LogP contribution >= 0.6 is 0 Å². The van der Waals surface area contributed by atoms with Crippen LogP contribution in [-0.2, 0) is 11.2 Å². The van der Waals surface area contributed by atoms with Crippen molar-refractivity contribution < 1.29 is 19.4 Å². The Hall–Kier alpha value is -2.82. The summed E-state index contributed by atoms with van der Waals surface area (Å²) >= 11 is 0. The summed E-state index contributed by atoms with van der Waals surface area (Å²) in [6.07, 6.45) is 0.835. The van der Waals surface area contributed by atoms with Gasteiger partial charge in [-0.25, -0.2) is 4.79 Å². The molecule has 0 aliphatic carbocycles. The minimum absolute atomic E-state index is 0.00560. The Balaban J connectivity index is 1.80. The van der Waals surface area contributed by atoms with Gasteiger partial charge >= 0.3 is 5.97 Å². The number of ether oxygens (including phenoxy) is 1. The van der Waals surface area contributed by atoms with Crippen LogP contribution in [0.4, 0.5) is 0 Å². The van der Waals surface area contributed by atoms with Gasteiger partial charge in [-0.3, -0.25) is 4.79 Å². The number of hydrogen-bond acceptors (Lipinski definition) is 3. The largest absolute Gasteiger partial charge is 0.482 e. The van der Waals surface area contributed by atoms with E-state index < -0.39 is 12.6 Å². The Labute approximate surface area is 140 Å². The van der Waals surface area contributed by atoms with Gasteiger partial charge in [-0.15, -0.1) is 0 Å². The quantitative estimate of drug-likeness (QED) is 0.938. The second-order valence-corrected chi connectivity index (χ2v) is 5.83. The van der Waals surface area contributed by atoms with Crippen molar-refractivity contribution in [1.29, 1.82) is 0 Å². The molecule has 1 aliphatic heterocycles. The van der Waals surface area contributed by atoms with E-state index in [9.17, 15) is 9.59 Å². The van der Waals surface area contributed by atoms with Gasteiger partial charge in [-0.1, -0.05) is 30.3 Å². The maximum Gasteiger partial charge on any atom is 0.341 e. The standard InChI is InChI=1S/C19H19NO4/c1-13-17-8-3-2-5-14(17)9-10-20(13)19(23)15-6-4-7-16(11-15)24-12-18(21)22/h2-8,11,13H,9-10,12H2,1H3,(H,21,22). The molecule has 124 valence electrons. The predicted molar refractivity (Wildman–Crippen MR) is 89.2 cm³/mol. The van der Waals surface area contributed by atoms with E-state index in [1.165, 1.54) is 11.1 Å². The summed E-state index contributed by atoms with van der Waals surface area (Å²) in [6, 6.07) is 14.9. The first kappa shape index (κ1) is 16.1. The molecule has 3 rings (SSSR count). The van der Waals surface area contributed by atoms with Gasteiger partial charge in [0.15, 0.2) is 6.61 Å². The molecule has 0 fully saturated rings. The number of amides is 1. The van der Waals surface area contributed by atoms with Crippen molar-refractivity contribution in [2.45, 2.75) is 19.4 Å². The molecule has 0 spiro atoms. The fourth-order valence-electron chi connectivity index (χ4n) is 3.08. The topological polar surface area (TPSA) is 66.8 Å². The van der Waals surface area contributed by atoms with E-state index in [2.05, 4.69) is 12.1 Å². The molecule has 0 saturated heterocycles. The van der Waals surface area contributed by atoms with Crippen LogP contribution in [-0.4, -0.2) is 35.0 Å². The average molecular weight is 325 g/mol. The number of benzene rings is 2. The van der Waals surface area contributed by atoms with Crippen LogP contribution in [0.1, 0.15) is 34.5 Å². The first-order valence-electron chi connectivity index (χ1n) is 7.89. The number of carbonyl (C=O) groups excluding carboxylic acids is 1. The maximum absolute atomic E-state index is 12.9. The lowest BCUT2D eigenvalue weighted by molar-refractivity contribution is -0.139. The molecule has 5 nitrogen and oxygen atoms in total. The molecular formula is C19H19NO4. The van der Waals surface area contributed by atoms with Gasteiger partial charge in [0, 0.05) is 12.1 Å². The van der Waals surface area contributed by atoms with Crippen LogP contribution in [0.5, 0.6) is 5.75 Å². The SMILES string of the molecule is CC1c2ccccc2CCN1C(=O)c1cccc(OCC(=O)O)c1. The lowest BCUT2D eigenvalue weighted by Crippen LogP contribution is -2.38. The summed E-state index contributed by atoms with van der Waals surface area (Å²) in [5.74, 6) is -0.737. The molecule has 5 heteroatoms. The van der Waals surface area contributed by atoms with Crippen molar-refractivity contribution in [3.8, 4) is 5.75 Å². The summed E-state index contributed by atoms with van der Waals surface area (Å²) < 4.78 is 5.16. The van der Waals surface area contributed by atoms with Crippen LogP contribution in [0.3, 0.4) is 0 Å². The Morgan fingerprint density at radius 3 is 2.79 bits per heavy atom. The van der Waals surface area contributed by atoms with Gasteiger partial charge in [0.1, 0.15) is 5.75 Å². The van der Waals surface area contributed by atoms with Crippen LogP contribution in [0, 0.1) is 0 Å². The smallest absolute Gasteiger partial charge is 0.341 e. The van der Waals surface area contributed by atoms with Crippen LogP contribution in [0.15, 0.2) is 48.5 Å². The number of fused-ring (bicyclic) bond motifs is 1. The van der Waals surface area contributed by atoms with E-state index in [0.29, 0.717) is 17.9 Å². The van der Waals surface area contributed by atoms with E-state index >= 15 is 0 Å². The molecule has 1 heterocycles. The summed E-state index contributed by atoms with van der Waals surface area (Å²) in [7, 11) is 0. The predicted octanol–water partition coefficient (Wildman–Crippen LogP) is 2.91. The monoisotopic (exact) mass is 325 g/mol. The summed E-state index contributed by atoms with van der Waals surface area (Å²) in [6.45, 7) is 2.27. The van der Waals surface area contributed by atoms with E-state index in [0.717, 1.165) is 6.42 Å². The fourth-order valence-corrected chi connectivity index (χ4v) is 3.08. The zero-order valence-corrected chi connectivity index (χ0v) is 13.4. The third kappa shape index (κ3) is 3.25. The third-order valence-corrected chi connectivity index (χ3v) is 4.30. The number of nitrogens with zero attached hydrogens (tertiary/aromatic N) is 1. The number of carbonyl (C=O) groups is 2. The fraction of sp³-hybridized carbons (Fsp3) is 0.263. The highest BCUT2D eigenvalue weighted by molar-refractivity contribution is 5.95. The highest BCUT2D eigenvalue weighted by Gasteiger charge is 2.28. The van der Waals surface area contributed by atoms with Crippen molar-refractivity contribution in [3.63, 3.8) is 0 Å². The van der Waals surface area contributed by atoms with Gasteiger partial charge < -0.3 is 14.7 Å². The normalized spacial score (nSPS) is 16.4. The Morgan fingerprint density at radius 1 is 1.21 bits per heavy atom. The summed E-state index contributed by atoms with van der Waals surface area (Å²) in [5, 5.41) is 8.68. The van der Waals surface area contributed by atoms with E-state index in [1.54, 1.807) is 24.3 Å². The first-order chi connectivity index (χ1) is 11.6. The highest BCUT2D eigenvalue weighted by Crippen LogP contribution is 2.30. The zero-order chi connectivity index (χ0) is 17.1. The third-order valence-electron chi connectivity index (χ3n) is 4.30. The Bertz CT molecular complexity index is 771. The van der Waals surface area contributed by atoms with Crippen molar-refractivity contribution in [3.05, 3.63) is 65.2 Å². The number of carboxylic acid groups (broad SMARTS) is 1. The number of rotatable bonds is 4. The molecule has 0 aromatic heterocycles. The van der Waals surface area contributed by atoms with Gasteiger partial charge in [-0.2, -0.15) is 0 Å². The number of carboxylic acids is 1. The summed E-state index contributed by atoms with van der Waals surface area (Å²) in [4.78, 5) is 25.3. The van der Waals surface area contributed by atoms with Gasteiger partial charge in [0.25, 0.3) is 5.91 Å². The molecule has 24 heavy (non-hydrogen) atoms. The molecule has 1 amide bonds. The number of hydrogen-bond donors (Lipinski definition) is 1. The van der Waals surface area contributed by atoms with E-state index in [-0.39, 0.29) is 11.9 Å². The lowest BCUT2D eigenvalue weighted by Gasteiger charge is -2.35. The highest BCUT2D eigenvalue weighted by atomic mass is 16.5. The minimum Gasteiger partial charge on any atom is -0.482 e. The van der Waals surface area contributed by atoms with E-state index in [4.69, 9.17) is 9.84 Å². The molecule has 1 aliphatic rings. The molecule has 0 radical (unpaired) electrons. The zero-order valence-electron chi connectivity index (χ0n) is 13.4. The first-order valence-corrected chi connectivity index (χ1v) is 7.89. The molecule has 2 aromatic rings. The van der Waals surface area contributed by atoms with Crippen molar-refractivity contribution in [2.75, 3.05) is 13.2 Å². The summed E-state index contributed by atoms with van der Waals surface area (Å²) in [5.41, 5.74) is 2.96. The van der Waals surface area contributed by atoms with Crippen LogP contribution in [0.25, 0.3) is 0 Å². The Morgan fingerprint density at radius 2 is 2.00 bits per heavy atom. The van der Waals surface area contributed by atoms with Crippen molar-refractivity contribution in [2.24, 2.45) is 0 Å².